The summed E-state index contributed by atoms with van der Waals surface area (Å²) in [5.74, 6) is 0.366. The quantitative estimate of drug-likeness (QED) is 0.778. The molecule has 2 heterocycles. The fourth-order valence-corrected chi connectivity index (χ4v) is 5.15. The van der Waals surface area contributed by atoms with Crippen LogP contribution in [0.25, 0.3) is 0 Å². The van der Waals surface area contributed by atoms with Crippen LogP contribution in [0.3, 0.4) is 0 Å². The Morgan fingerprint density at radius 3 is 2.62 bits per heavy atom. The molecule has 0 spiro atoms. The highest BCUT2D eigenvalue weighted by Crippen LogP contribution is 2.20. The molecule has 21 heavy (non-hydrogen) atoms. The molecule has 7 heteroatoms. The standard InChI is InChI=1S/C14H27N3O3S/c1-3-17(13-5-7-21(19,20)10-13)14(18)9-16-6-4-12(15)8-11(16)2/h11-13H,3-10,15H2,1-2H3. The van der Waals surface area contributed by atoms with Crippen molar-refractivity contribution in [2.75, 3.05) is 31.1 Å². The number of likely N-dealkylation sites (tertiary alicyclic amines) is 1. The molecular weight excluding hydrogens is 290 g/mol. The lowest BCUT2D eigenvalue weighted by atomic mass is 9.99. The number of amides is 1. The Kier molecular flexibility index (Phi) is 5.27. The molecule has 0 saturated carbocycles. The van der Waals surface area contributed by atoms with Crippen molar-refractivity contribution in [2.45, 2.75) is 51.2 Å². The summed E-state index contributed by atoms with van der Waals surface area (Å²) in [6.07, 6.45) is 2.40. The number of nitrogens with two attached hydrogens (primary N) is 1. The molecule has 2 fully saturated rings. The molecule has 0 radical (unpaired) electrons. The number of hydrogen-bond acceptors (Lipinski definition) is 5. The zero-order chi connectivity index (χ0) is 15.6. The topological polar surface area (TPSA) is 83.7 Å². The van der Waals surface area contributed by atoms with E-state index in [9.17, 15) is 13.2 Å². The Balaban J connectivity index is 1.94. The monoisotopic (exact) mass is 317 g/mol. The number of nitrogens with zero attached hydrogens (tertiary/aromatic N) is 2. The van der Waals surface area contributed by atoms with Gasteiger partial charge in [0.25, 0.3) is 0 Å². The van der Waals surface area contributed by atoms with Crippen LogP contribution in [0.1, 0.15) is 33.1 Å². The van der Waals surface area contributed by atoms with Gasteiger partial charge in [-0.15, -0.1) is 0 Å². The van der Waals surface area contributed by atoms with Crippen LogP contribution in [0.2, 0.25) is 0 Å². The van der Waals surface area contributed by atoms with E-state index in [2.05, 4.69) is 11.8 Å². The molecule has 2 aliphatic heterocycles. The van der Waals surface area contributed by atoms with Gasteiger partial charge in [0.2, 0.25) is 5.91 Å². The van der Waals surface area contributed by atoms with E-state index >= 15 is 0 Å². The molecule has 0 aromatic heterocycles. The first-order valence-electron chi connectivity index (χ1n) is 7.82. The fraction of sp³-hybridized carbons (Fsp3) is 0.929. The molecule has 2 N–H and O–H groups in total. The molecule has 0 aromatic carbocycles. The molecule has 0 aromatic rings. The summed E-state index contributed by atoms with van der Waals surface area (Å²) < 4.78 is 23.2. The Morgan fingerprint density at radius 1 is 1.38 bits per heavy atom. The lowest BCUT2D eigenvalue weighted by Crippen LogP contribution is -2.51. The smallest absolute Gasteiger partial charge is 0.237 e. The number of sulfone groups is 1. The number of rotatable bonds is 4. The summed E-state index contributed by atoms with van der Waals surface area (Å²) in [4.78, 5) is 16.4. The van der Waals surface area contributed by atoms with Crippen LogP contribution in [-0.2, 0) is 14.6 Å². The Labute approximate surface area is 127 Å². The van der Waals surface area contributed by atoms with Crippen molar-refractivity contribution in [1.82, 2.24) is 9.80 Å². The number of piperidine rings is 1. The van der Waals surface area contributed by atoms with Crippen molar-refractivity contribution >= 4 is 15.7 Å². The molecule has 122 valence electrons. The molecule has 3 unspecified atom stereocenters. The van der Waals surface area contributed by atoms with Gasteiger partial charge in [0.15, 0.2) is 9.84 Å². The first-order chi connectivity index (χ1) is 9.82. The zero-order valence-electron chi connectivity index (χ0n) is 13.0. The SMILES string of the molecule is CCN(C(=O)CN1CCC(N)CC1C)C1CCS(=O)(=O)C1. The van der Waals surface area contributed by atoms with Gasteiger partial charge >= 0.3 is 0 Å². The van der Waals surface area contributed by atoms with E-state index in [-0.39, 0.29) is 29.5 Å². The van der Waals surface area contributed by atoms with Gasteiger partial charge in [-0.05, 0) is 33.1 Å². The van der Waals surface area contributed by atoms with Crippen LogP contribution >= 0.6 is 0 Å². The second-order valence-corrected chi connectivity index (χ2v) is 8.57. The van der Waals surface area contributed by atoms with E-state index < -0.39 is 9.84 Å². The minimum absolute atomic E-state index is 0.0434. The lowest BCUT2D eigenvalue weighted by molar-refractivity contribution is -0.135. The molecule has 2 rings (SSSR count). The van der Waals surface area contributed by atoms with Gasteiger partial charge in [0, 0.05) is 31.2 Å². The third-order valence-electron chi connectivity index (χ3n) is 4.70. The maximum absolute atomic E-state index is 12.5. The van der Waals surface area contributed by atoms with Crippen molar-refractivity contribution < 1.29 is 13.2 Å². The maximum Gasteiger partial charge on any atom is 0.237 e. The second-order valence-electron chi connectivity index (χ2n) is 6.34. The van der Waals surface area contributed by atoms with E-state index in [0.717, 1.165) is 19.4 Å². The predicted octanol–water partition coefficient (Wildman–Crippen LogP) is -0.166. The summed E-state index contributed by atoms with van der Waals surface area (Å²) >= 11 is 0. The molecule has 2 saturated heterocycles. The van der Waals surface area contributed by atoms with E-state index in [1.165, 1.54) is 0 Å². The first-order valence-corrected chi connectivity index (χ1v) is 9.64. The molecule has 1 amide bonds. The van der Waals surface area contributed by atoms with Crippen molar-refractivity contribution in [3.8, 4) is 0 Å². The van der Waals surface area contributed by atoms with E-state index in [1.54, 1.807) is 4.90 Å². The van der Waals surface area contributed by atoms with Gasteiger partial charge in [-0.1, -0.05) is 0 Å². The number of carbonyl (C=O) groups is 1. The highest BCUT2D eigenvalue weighted by atomic mass is 32.2. The van der Waals surface area contributed by atoms with Crippen LogP contribution in [0.5, 0.6) is 0 Å². The molecule has 0 bridgehead atoms. The fourth-order valence-electron chi connectivity index (χ4n) is 3.42. The predicted molar refractivity (Wildman–Crippen MR) is 82.7 cm³/mol. The van der Waals surface area contributed by atoms with Crippen LogP contribution < -0.4 is 5.73 Å². The van der Waals surface area contributed by atoms with Gasteiger partial charge in [-0.25, -0.2) is 8.42 Å². The lowest BCUT2D eigenvalue weighted by Gasteiger charge is -2.37. The molecule has 6 nitrogen and oxygen atoms in total. The minimum Gasteiger partial charge on any atom is -0.338 e. The third kappa shape index (κ3) is 4.17. The zero-order valence-corrected chi connectivity index (χ0v) is 13.8. The molecule has 3 atom stereocenters. The van der Waals surface area contributed by atoms with E-state index in [1.807, 2.05) is 6.92 Å². The summed E-state index contributed by atoms with van der Waals surface area (Å²) in [6.45, 7) is 5.80. The van der Waals surface area contributed by atoms with Gasteiger partial charge in [0.05, 0.1) is 18.1 Å². The summed E-state index contributed by atoms with van der Waals surface area (Å²) in [6, 6.07) is 0.396. The largest absolute Gasteiger partial charge is 0.338 e. The van der Waals surface area contributed by atoms with Crippen LogP contribution in [0.15, 0.2) is 0 Å². The van der Waals surface area contributed by atoms with Crippen LogP contribution in [-0.4, -0.2) is 73.4 Å². The van der Waals surface area contributed by atoms with Gasteiger partial charge < -0.3 is 10.6 Å². The molecule has 0 aliphatic carbocycles. The van der Waals surface area contributed by atoms with Crippen LogP contribution in [0, 0.1) is 0 Å². The van der Waals surface area contributed by atoms with Gasteiger partial charge in [-0.3, -0.25) is 9.69 Å². The number of hydrogen-bond donors (Lipinski definition) is 1. The maximum atomic E-state index is 12.5. The first kappa shape index (κ1) is 16.7. The molecular formula is C14H27N3O3S. The summed E-state index contributed by atoms with van der Waals surface area (Å²) in [7, 11) is -2.96. The van der Waals surface area contributed by atoms with Crippen molar-refractivity contribution in [2.24, 2.45) is 5.73 Å². The van der Waals surface area contributed by atoms with Crippen LogP contribution in [0.4, 0.5) is 0 Å². The summed E-state index contributed by atoms with van der Waals surface area (Å²) in [5, 5.41) is 0. The van der Waals surface area contributed by atoms with Gasteiger partial charge in [-0.2, -0.15) is 0 Å². The highest BCUT2D eigenvalue weighted by molar-refractivity contribution is 7.91. The average molecular weight is 317 g/mol. The summed E-state index contributed by atoms with van der Waals surface area (Å²) in [5.41, 5.74) is 5.94. The van der Waals surface area contributed by atoms with E-state index in [0.29, 0.717) is 25.6 Å². The Bertz CT molecular complexity index is 480. The Morgan fingerprint density at radius 2 is 2.10 bits per heavy atom. The minimum atomic E-state index is -2.96. The van der Waals surface area contributed by atoms with Crippen molar-refractivity contribution in [1.29, 1.82) is 0 Å². The third-order valence-corrected chi connectivity index (χ3v) is 6.45. The number of carbonyl (C=O) groups excluding carboxylic acids is 1. The van der Waals surface area contributed by atoms with Gasteiger partial charge in [0.1, 0.15) is 0 Å². The average Bonchev–Trinajstić information content (AvgIpc) is 2.74. The Hall–Kier alpha value is -0.660. The highest BCUT2D eigenvalue weighted by Gasteiger charge is 2.35. The van der Waals surface area contributed by atoms with Crippen molar-refractivity contribution in [3.05, 3.63) is 0 Å². The normalized spacial score (nSPS) is 33.0. The van der Waals surface area contributed by atoms with Crippen molar-refractivity contribution in [3.63, 3.8) is 0 Å². The molecule has 2 aliphatic rings. The van der Waals surface area contributed by atoms with E-state index in [4.69, 9.17) is 5.73 Å². The second kappa shape index (κ2) is 6.62. The number of likely N-dealkylation sites (N-methyl/N-ethyl adjacent to an activating group) is 1.